The number of allylic oxidation sites excluding steroid dienone is 1. The Hall–Kier alpha value is -1.07. The third-order valence-electron chi connectivity index (χ3n) is 2.92. The van der Waals surface area contributed by atoms with E-state index in [0.29, 0.717) is 0 Å². The highest BCUT2D eigenvalue weighted by atomic mass is 15.1. The van der Waals surface area contributed by atoms with Gasteiger partial charge in [-0.05, 0) is 44.0 Å². The fourth-order valence-electron chi connectivity index (χ4n) is 1.79. The van der Waals surface area contributed by atoms with Gasteiger partial charge in [-0.1, -0.05) is 12.8 Å². The summed E-state index contributed by atoms with van der Waals surface area (Å²) in [6, 6.07) is 0. The van der Waals surface area contributed by atoms with Crippen LogP contribution in [0.2, 0.25) is 0 Å². The molecule has 15 heavy (non-hydrogen) atoms. The van der Waals surface area contributed by atoms with Gasteiger partial charge in [-0.15, -0.1) is 6.42 Å². The first-order valence-electron chi connectivity index (χ1n) is 5.57. The first-order chi connectivity index (χ1) is 7.26. The Kier molecular flexibility index (Phi) is 5.14. The molecule has 2 nitrogen and oxygen atoms in total. The van der Waals surface area contributed by atoms with Crippen LogP contribution in [0.1, 0.15) is 19.8 Å². The lowest BCUT2D eigenvalue weighted by Gasteiger charge is -2.29. The van der Waals surface area contributed by atoms with Crippen LogP contribution in [0.4, 0.5) is 0 Å². The molecule has 0 aromatic heterocycles. The van der Waals surface area contributed by atoms with E-state index >= 15 is 0 Å². The molecule has 0 spiro atoms. The van der Waals surface area contributed by atoms with E-state index in [0.717, 1.165) is 18.2 Å². The van der Waals surface area contributed by atoms with Crippen molar-refractivity contribution < 1.29 is 0 Å². The lowest BCUT2D eigenvalue weighted by atomic mass is 9.99. The molecule has 2 heteroatoms. The average Bonchev–Trinajstić information content (AvgIpc) is 2.27. The van der Waals surface area contributed by atoms with Crippen molar-refractivity contribution in [3.05, 3.63) is 12.2 Å². The first-order valence-corrected chi connectivity index (χ1v) is 5.57. The quantitative estimate of drug-likeness (QED) is 0.507. The second-order valence-corrected chi connectivity index (χ2v) is 4.17. The van der Waals surface area contributed by atoms with Gasteiger partial charge in [0.05, 0.1) is 0 Å². The summed E-state index contributed by atoms with van der Waals surface area (Å²) in [4.78, 5) is 6.68. The number of hydrogen-bond donors (Lipinski definition) is 0. The van der Waals surface area contributed by atoms with Crippen molar-refractivity contribution in [2.45, 2.75) is 19.8 Å². The molecule has 0 aromatic carbocycles. The van der Waals surface area contributed by atoms with Crippen LogP contribution in [0.25, 0.3) is 0 Å². The summed E-state index contributed by atoms with van der Waals surface area (Å²) in [6.45, 7) is 5.62. The van der Waals surface area contributed by atoms with Gasteiger partial charge < -0.3 is 0 Å². The Balaban J connectivity index is 2.40. The standard InChI is InChI=1S/C13H20N2/c1-4-5-6-13(14-3)11-15-9-7-12(2)8-10-15/h1,5-6,12H,7-11H2,2-3H3/b6-5-,14-13?. The minimum absolute atomic E-state index is 0.879. The molecule has 1 heterocycles. The highest BCUT2D eigenvalue weighted by molar-refractivity contribution is 5.96. The van der Waals surface area contributed by atoms with Crippen molar-refractivity contribution >= 4 is 5.71 Å². The molecular weight excluding hydrogens is 184 g/mol. The Morgan fingerprint density at radius 3 is 2.73 bits per heavy atom. The molecule has 0 aliphatic carbocycles. The van der Waals surface area contributed by atoms with Crippen molar-refractivity contribution in [1.82, 2.24) is 4.90 Å². The number of piperidine rings is 1. The average molecular weight is 204 g/mol. The predicted octanol–water partition coefficient (Wildman–Crippen LogP) is 1.98. The molecule has 0 radical (unpaired) electrons. The van der Waals surface area contributed by atoms with Gasteiger partial charge in [0.1, 0.15) is 0 Å². The summed E-state index contributed by atoms with van der Waals surface area (Å²) >= 11 is 0. The van der Waals surface area contributed by atoms with E-state index in [9.17, 15) is 0 Å². The lowest BCUT2D eigenvalue weighted by molar-refractivity contribution is 0.216. The first kappa shape index (κ1) is 12.0. The van der Waals surface area contributed by atoms with Crippen LogP contribution in [-0.2, 0) is 0 Å². The zero-order valence-corrected chi connectivity index (χ0v) is 9.74. The Bertz CT molecular complexity index is 275. The molecule has 1 aliphatic rings. The van der Waals surface area contributed by atoms with Crippen molar-refractivity contribution in [2.75, 3.05) is 26.7 Å². The van der Waals surface area contributed by atoms with Gasteiger partial charge in [0, 0.05) is 19.3 Å². The summed E-state index contributed by atoms with van der Waals surface area (Å²) in [6.07, 6.45) is 11.4. The number of rotatable bonds is 3. The largest absolute Gasteiger partial charge is 0.298 e. The molecular formula is C13H20N2. The summed E-state index contributed by atoms with van der Waals surface area (Å²) in [5.41, 5.74) is 1.07. The molecule has 0 bridgehead atoms. The van der Waals surface area contributed by atoms with E-state index in [-0.39, 0.29) is 0 Å². The van der Waals surface area contributed by atoms with Gasteiger partial charge in [-0.25, -0.2) is 0 Å². The van der Waals surface area contributed by atoms with E-state index in [2.05, 4.69) is 22.7 Å². The second-order valence-electron chi connectivity index (χ2n) is 4.17. The number of aliphatic imine (C=N–C) groups is 1. The van der Waals surface area contributed by atoms with Gasteiger partial charge in [0.2, 0.25) is 0 Å². The molecule has 0 atom stereocenters. The van der Waals surface area contributed by atoms with Gasteiger partial charge in [-0.2, -0.15) is 0 Å². The van der Waals surface area contributed by atoms with E-state index in [4.69, 9.17) is 6.42 Å². The summed E-state index contributed by atoms with van der Waals surface area (Å²) in [7, 11) is 1.82. The zero-order chi connectivity index (χ0) is 11.1. The van der Waals surface area contributed by atoms with Gasteiger partial charge in [0.25, 0.3) is 0 Å². The molecule has 0 N–H and O–H groups in total. The van der Waals surface area contributed by atoms with Crippen LogP contribution in [0, 0.1) is 18.3 Å². The van der Waals surface area contributed by atoms with Crippen LogP contribution >= 0.6 is 0 Å². The molecule has 0 amide bonds. The maximum Gasteiger partial charge on any atom is 0.0491 e. The van der Waals surface area contributed by atoms with E-state index < -0.39 is 0 Å². The van der Waals surface area contributed by atoms with Crippen LogP contribution in [0.3, 0.4) is 0 Å². The highest BCUT2D eigenvalue weighted by Crippen LogP contribution is 2.15. The van der Waals surface area contributed by atoms with Crippen molar-refractivity contribution in [1.29, 1.82) is 0 Å². The minimum Gasteiger partial charge on any atom is -0.298 e. The van der Waals surface area contributed by atoms with Crippen LogP contribution in [0.5, 0.6) is 0 Å². The fraction of sp³-hybridized carbons (Fsp3) is 0.615. The molecule has 1 fully saturated rings. The normalized spacial score (nSPS) is 20.7. The Morgan fingerprint density at radius 2 is 2.20 bits per heavy atom. The van der Waals surface area contributed by atoms with E-state index in [1.807, 2.05) is 13.1 Å². The molecule has 82 valence electrons. The van der Waals surface area contributed by atoms with Crippen molar-refractivity contribution in [3.63, 3.8) is 0 Å². The fourth-order valence-corrected chi connectivity index (χ4v) is 1.79. The molecule has 1 saturated heterocycles. The van der Waals surface area contributed by atoms with Crippen LogP contribution < -0.4 is 0 Å². The number of hydrogen-bond acceptors (Lipinski definition) is 2. The van der Waals surface area contributed by atoms with Gasteiger partial charge in [-0.3, -0.25) is 9.89 Å². The summed E-state index contributed by atoms with van der Waals surface area (Å²) < 4.78 is 0. The third kappa shape index (κ3) is 4.31. The number of nitrogens with zero attached hydrogens (tertiary/aromatic N) is 2. The Labute approximate surface area is 93.1 Å². The van der Waals surface area contributed by atoms with Crippen molar-refractivity contribution in [3.8, 4) is 12.3 Å². The van der Waals surface area contributed by atoms with Gasteiger partial charge in [0.15, 0.2) is 0 Å². The SMILES string of the molecule is C#C/C=C\C(CN1CCC(C)CC1)=NC. The maximum absolute atomic E-state index is 5.18. The van der Waals surface area contributed by atoms with E-state index in [1.165, 1.54) is 25.9 Å². The monoisotopic (exact) mass is 204 g/mol. The van der Waals surface area contributed by atoms with Crippen molar-refractivity contribution in [2.24, 2.45) is 10.9 Å². The van der Waals surface area contributed by atoms with Gasteiger partial charge >= 0.3 is 0 Å². The molecule has 0 unspecified atom stereocenters. The van der Waals surface area contributed by atoms with E-state index in [1.54, 1.807) is 6.08 Å². The third-order valence-corrected chi connectivity index (χ3v) is 2.92. The number of likely N-dealkylation sites (tertiary alicyclic amines) is 1. The van der Waals surface area contributed by atoms with Crippen LogP contribution in [-0.4, -0.2) is 37.3 Å². The predicted molar refractivity (Wildman–Crippen MR) is 66.2 cm³/mol. The molecule has 0 saturated carbocycles. The molecule has 1 aliphatic heterocycles. The second kappa shape index (κ2) is 6.42. The molecule has 1 rings (SSSR count). The Morgan fingerprint density at radius 1 is 1.53 bits per heavy atom. The zero-order valence-electron chi connectivity index (χ0n) is 9.74. The topological polar surface area (TPSA) is 15.6 Å². The number of terminal acetylenes is 1. The lowest BCUT2D eigenvalue weighted by Crippen LogP contribution is -2.36. The summed E-state index contributed by atoms with van der Waals surface area (Å²) in [5.74, 6) is 3.38. The minimum atomic E-state index is 0.879. The summed E-state index contributed by atoms with van der Waals surface area (Å²) in [5, 5.41) is 0. The smallest absolute Gasteiger partial charge is 0.0491 e. The van der Waals surface area contributed by atoms with Crippen LogP contribution in [0.15, 0.2) is 17.1 Å². The maximum atomic E-state index is 5.18. The highest BCUT2D eigenvalue weighted by Gasteiger charge is 2.15. The molecule has 0 aromatic rings.